The Kier molecular flexibility index (Phi) is 3.29. The Labute approximate surface area is 101 Å². The minimum atomic E-state index is -0.499. The molecule has 2 aromatic rings. The first-order valence-electron chi connectivity index (χ1n) is 4.93. The molecule has 0 saturated heterocycles. The summed E-state index contributed by atoms with van der Waals surface area (Å²) in [7, 11) is 0. The molecular weight excluding hydrogens is 238 g/mol. The number of rotatable bonds is 3. The van der Waals surface area contributed by atoms with Crippen molar-refractivity contribution in [3.05, 3.63) is 38.1 Å². The number of aryl methyl sites for hydroxylation is 2. The van der Waals surface area contributed by atoms with E-state index in [1.54, 1.807) is 24.5 Å². The molecule has 2 N–H and O–H groups in total. The molecule has 6 nitrogen and oxygen atoms in total. The Balaban J connectivity index is 2.12. The topological polar surface area (TPSA) is 83.0 Å². The number of nitrogens with zero attached hydrogens (tertiary/aromatic N) is 3. The second-order valence-corrected chi connectivity index (χ2v) is 4.36. The molecule has 0 atom stereocenters. The van der Waals surface area contributed by atoms with Crippen molar-refractivity contribution in [3.8, 4) is 0 Å². The number of H-pyrrole nitrogens is 1. The minimum Gasteiger partial charge on any atom is -0.260 e. The fourth-order valence-corrected chi connectivity index (χ4v) is 1.95. The zero-order valence-corrected chi connectivity index (χ0v) is 10.2. The molecule has 0 bridgehead atoms. The molecule has 0 aliphatic rings. The van der Waals surface area contributed by atoms with Crippen LogP contribution in [-0.2, 0) is 0 Å². The van der Waals surface area contributed by atoms with E-state index in [2.05, 4.69) is 25.7 Å². The van der Waals surface area contributed by atoms with Crippen molar-refractivity contribution in [1.29, 1.82) is 0 Å². The van der Waals surface area contributed by atoms with Crippen LogP contribution >= 0.6 is 11.3 Å². The third-order valence-corrected chi connectivity index (χ3v) is 3.08. The molecule has 0 aliphatic carbocycles. The van der Waals surface area contributed by atoms with Gasteiger partial charge in [-0.05, 0) is 30.9 Å². The summed E-state index contributed by atoms with van der Waals surface area (Å²) < 4.78 is 0. The van der Waals surface area contributed by atoms with Crippen LogP contribution in [0.2, 0.25) is 0 Å². The van der Waals surface area contributed by atoms with E-state index >= 15 is 0 Å². The number of thiophene rings is 1. The number of nitrogens with one attached hydrogen (secondary N) is 2. The van der Waals surface area contributed by atoms with Gasteiger partial charge in [-0.1, -0.05) is 0 Å². The lowest BCUT2D eigenvalue weighted by molar-refractivity contribution is 0.879. The largest absolute Gasteiger partial charge is 0.363 e. The van der Waals surface area contributed by atoms with E-state index in [4.69, 9.17) is 0 Å². The van der Waals surface area contributed by atoms with Gasteiger partial charge < -0.3 is 0 Å². The van der Waals surface area contributed by atoms with E-state index in [0.29, 0.717) is 11.5 Å². The molecule has 0 amide bonds. The third-order valence-electron chi connectivity index (χ3n) is 2.13. The molecule has 0 unspecified atom stereocenters. The highest BCUT2D eigenvalue weighted by Gasteiger charge is 2.00. The molecule has 88 valence electrons. The standard InChI is InChI=1S/C10H11N5OS/c1-6-3-4-17-8(6)5-11-14-9-7(2)13-15-10(16)12-9/h3-5H,1-2H3,(H2,12,14,15,16)/b11-5-. The Morgan fingerprint density at radius 2 is 2.35 bits per heavy atom. The normalized spacial score (nSPS) is 10.9. The van der Waals surface area contributed by atoms with Gasteiger partial charge in [0.1, 0.15) is 5.69 Å². The first-order chi connectivity index (χ1) is 8.16. The van der Waals surface area contributed by atoms with Crippen LogP contribution in [0.4, 0.5) is 5.82 Å². The lowest BCUT2D eigenvalue weighted by Crippen LogP contribution is -2.15. The highest BCUT2D eigenvalue weighted by molar-refractivity contribution is 7.11. The molecule has 0 aliphatic heterocycles. The molecule has 0 aromatic carbocycles. The van der Waals surface area contributed by atoms with Gasteiger partial charge in [0.15, 0.2) is 5.82 Å². The summed E-state index contributed by atoms with van der Waals surface area (Å²) in [6.07, 6.45) is 1.70. The van der Waals surface area contributed by atoms with Crippen LogP contribution in [0.3, 0.4) is 0 Å². The van der Waals surface area contributed by atoms with Gasteiger partial charge in [-0.25, -0.2) is 9.89 Å². The lowest BCUT2D eigenvalue weighted by Gasteiger charge is -1.99. The first kappa shape index (κ1) is 11.5. The van der Waals surface area contributed by atoms with Crippen LogP contribution in [0.5, 0.6) is 0 Å². The molecule has 2 rings (SSSR count). The van der Waals surface area contributed by atoms with Crippen molar-refractivity contribution in [2.24, 2.45) is 5.10 Å². The van der Waals surface area contributed by atoms with Crippen LogP contribution in [0.1, 0.15) is 16.1 Å². The Bertz CT molecular complexity index is 601. The Morgan fingerprint density at radius 1 is 1.53 bits per heavy atom. The molecule has 0 radical (unpaired) electrons. The van der Waals surface area contributed by atoms with E-state index in [0.717, 1.165) is 10.4 Å². The van der Waals surface area contributed by atoms with Gasteiger partial charge in [0, 0.05) is 4.88 Å². The fraction of sp³-hybridized carbons (Fsp3) is 0.200. The monoisotopic (exact) mass is 249 g/mol. The predicted octanol–water partition coefficient (Wildman–Crippen LogP) is 1.29. The zero-order valence-electron chi connectivity index (χ0n) is 9.39. The van der Waals surface area contributed by atoms with Gasteiger partial charge in [0.25, 0.3) is 0 Å². The van der Waals surface area contributed by atoms with Gasteiger partial charge >= 0.3 is 5.69 Å². The van der Waals surface area contributed by atoms with Crippen molar-refractivity contribution in [2.45, 2.75) is 13.8 Å². The van der Waals surface area contributed by atoms with Crippen LogP contribution in [0.15, 0.2) is 21.3 Å². The molecule has 17 heavy (non-hydrogen) atoms. The molecule has 2 aromatic heterocycles. The van der Waals surface area contributed by atoms with Gasteiger partial charge in [-0.2, -0.15) is 15.2 Å². The number of anilines is 1. The lowest BCUT2D eigenvalue weighted by atomic mass is 10.3. The van der Waals surface area contributed by atoms with E-state index in [-0.39, 0.29) is 0 Å². The van der Waals surface area contributed by atoms with Crippen LogP contribution in [0, 0.1) is 13.8 Å². The van der Waals surface area contributed by atoms with Crippen molar-refractivity contribution in [2.75, 3.05) is 5.43 Å². The first-order valence-corrected chi connectivity index (χ1v) is 5.81. The maximum atomic E-state index is 11.0. The highest BCUT2D eigenvalue weighted by Crippen LogP contribution is 2.12. The van der Waals surface area contributed by atoms with Crippen molar-refractivity contribution >= 4 is 23.4 Å². The van der Waals surface area contributed by atoms with Gasteiger partial charge in [0.2, 0.25) is 0 Å². The summed E-state index contributed by atoms with van der Waals surface area (Å²) in [6.45, 7) is 3.74. The summed E-state index contributed by atoms with van der Waals surface area (Å²) >= 11 is 1.60. The maximum Gasteiger partial charge on any atom is 0.363 e. The van der Waals surface area contributed by atoms with Gasteiger partial charge in [0.05, 0.1) is 6.21 Å². The molecule has 2 heterocycles. The van der Waals surface area contributed by atoms with Crippen molar-refractivity contribution < 1.29 is 0 Å². The SMILES string of the molecule is Cc1ccsc1/C=N\Nc1nc(=O)[nH]nc1C. The van der Waals surface area contributed by atoms with Crippen LogP contribution < -0.4 is 11.1 Å². The molecule has 0 spiro atoms. The average molecular weight is 249 g/mol. The van der Waals surface area contributed by atoms with Gasteiger partial charge in [-0.3, -0.25) is 5.43 Å². The molecular formula is C10H11N5OS. The summed E-state index contributed by atoms with van der Waals surface area (Å²) in [5.74, 6) is 0.360. The maximum absolute atomic E-state index is 11.0. The number of aromatic nitrogens is 3. The van der Waals surface area contributed by atoms with E-state index in [9.17, 15) is 4.79 Å². The van der Waals surface area contributed by atoms with Crippen LogP contribution in [0.25, 0.3) is 0 Å². The quantitative estimate of drug-likeness (QED) is 0.634. The summed E-state index contributed by atoms with van der Waals surface area (Å²) in [5.41, 5.74) is 3.95. The Hall–Kier alpha value is -2.02. The second-order valence-electron chi connectivity index (χ2n) is 3.41. The molecule has 0 saturated carbocycles. The molecule has 7 heteroatoms. The van der Waals surface area contributed by atoms with Crippen molar-refractivity contribution in [1.82, 2.24) is 15.2 Å². The molecule has 0 fully saturated rings. The summed E-state index contributed by atoms with van der Waals surface area (Å²) in [6, 6.07) is 2.02. The average Bonchev–Trinajstić information content (AvgIpc) is 2.70. The summed E-state index contributed by atoms with van der Waals surface area (Å²) in [4.78, 5) is 15.8. The number of hydrazone groups is 1. The highest BCUT2D eigenvalue weighted by atomic mass is 32.1. The van der Waals surface area contributed by atoms with Crippen LogP contribution in [-0.4, -0.2) is 21.4 Å². The zero-order chi connectivity index (χ0) is 12.3. The van der Waals surface area contributed by atoms with E-state index in [1.807, 2.05) is 18.4 Å². The smallest absolute Gasteiger partial charge is 0.260 e. The van der Waals surface area contributed by atoms with Gasteiger partial charge in [-0.15, -0.1) is 11.3 Å². The fourth-order valence-electron chi connectivity index (χ4n) is 1.17. The second kappa shape index (κ2) is 4.88. The number of hydrogen-bond donors (Lipinski definition) is 2. The third kappa shape index (κ3) is 2.76. The Morgan fingerprint density at radius 3 is 3.06 bits per heavy atom. The summed E-state index contributed by atoms with van der Waals surface area (Å²) in [5, 5.41) is 12.0. The minimum absolute atomic E-state index is 0.360. The van der Waals surface area contributed by atoms with E-state index < -0.39 is 5.69 Å². The number of aromatic amines is 1. The van der Waals surface area contributed by atoms with E-state index in [1.165, 1.54) is 0 Å². The predicted molar refractivity (Wildman–Crippen MR) is 67.7 cm³/mol. The number of hydrogen-bond acceptors (Lipinski definition) is 6. The van der Waals surface area contributed by atoms with Crippen molar-refractivity contribution in [3.63, 3.8) is 0 Å².